The van der Waals surface area contributed by atoms with Crippen LogP contribution in [0.5, 0.6) is 23.3 Å². The number of nitro benzene ring substituents is 2. The Kier molecular flexibility index (Phi) is 11.5. The molecule has 6 aromatic rings. The molecule has 0 radical (unpaired) electrons. The number of azo groups is 2. The maximum absolute atomic E-state index is 10.7. The van der Waals surface area contributed by atoms with Gasteiger partial charge in [0.25, 0.3) is 11.4 Å². The predicted octanol–water partition coefficient (Wildman–Crippen LogP) is 7.83. The molecule has 0 unspecified atom stereocenters. The van der Waals surface area contributed by atoms with Crippen LogP contribution in [0.3, 0.4) is 0 Å². The van der Waals surface area contributed by atoms with Crippen molar-refractivity contribution in [3.63, 3.8) is 0 Å². The number of hydrogen-bond donors (Lipinski definition) is 4. The maximum Gasteiger partial charge on any atom is 0.273 e. The van der Waals surface area contributed by atoms with E-state index in [0.29, 0.717) is 22.8 Å². The smallest absolute Gasteiger partial charge is 0.273 e. The summed E-state index contributed by atoms with van der Waals surface area (Å²) in [5, 5.41) is 85.5. The van der Waals surface area contributed by atoms with Crippen LogP contribution in [0.2, 0.25) is 0 Å². The van der Waals surface area contributed by atoms with Gasteiger partial charge in [0.05, 0.1) is 44.7 Å². The number of aromatic hydroxyl groups is 4. The molecule has 0 aliphatic carbocycles. The standard InChI is InChI=1S/2C16H13N5O4.Cr/c2*1-10-15(16(23)20(19-10)11-5-3-2-4-6-11)18-17-13-8-7-12(21(24)25)9-14(13)22;/h2*2-9,22-23H,1H3;. The minimum Gasteiger partial charge on any atom is -0.505 e. The molecule has 4 N–H and O–H groups in total. The van der Waals surface area contributed by atoms with Gasteiger partial charge < -0.3 is 20.4 Å². The Bertz CT molecular complexity index is 2100. The van der Waals surface area contributed by atoms with Crippen molar-refractivity contribution in [2.24, 2.45) is 20.5 Å². The SMILES string of the molecule is Cc1nn(-c2ccccc2)c(O)c1N=Nc1ccc([N+](=O)[O-])cc1O.Cc1nn(-c2ccccc2)c(O)c1N=Nc1ccc([N+](=O)[O-])cc1O.[Cr]. The fourth-order valence-electron chi connectivity index (χ4n) is 4.37. The van der Waals surface area contributed by atoms with Gasteiger partial charge in [-0.25, -0.2) is 0 Å². The average molecular weight is 731 g/mol. The predicted molar refractivity (Wildman–Crippen MR) is 178 cm³/mol. The first-order valence-electron chi connectivity index (χ1n) is 14.4. The summed E-state index contributed by atoms with van der Waals surface area (Å²) in [5.41, 5.74) is 2.03. The van der Waals surface area contributed by atoms with Crippen LogP contribution in [-0.2, 0) is 17.4 Å². The van der Waals surface area contributed by atoms with E-state index >= 15 is 0 Å². The molecule has 0 aliphatic rings. The Morgan fingerprint density at radius 3 is 1.24 bits per heavy atom. The summed E-state index contributed by atoms with van der Waals surface area (Å²) in [5.74, 6) is -1.17. The summed E-state index contributed by atoms with van der Waals surface area (Å²) in [7, 11) is 0. The molecule has 0 spiro atoms. The van der Waals surface area contributed by atoms with Crippen LogP contribution in [0.1, 0.15) is 11.4 Å². The molecular formula is C32H26CrN10O8. The van der Waals surface area contributed by atoms with E-state index in [4.69, 9.17) is 0 Å². The van der Waals surface area contributed by atoms with Crippen molar-refractivity contribution in [3.8, 4) is 34.6 Å². The molecule has 4 aromatic carbocycles. The number of rotatable bonds is 8. The van der Waals surface area contributed by atoms with Crippen LogP contribution in [0, 0.1) is 34.1 Å². The number of aryl methyl sites for hydroxylation is 2. The number of benzene rings is 4. The topological polar surface area (TPSA) is 252 Å². The van der Waals surface area contributed by atoms with Crippen molar-refractivity contribution >= 4 is 34.1 Å². The Hall–Kier alpha value is -6.97. The van der Waals surface area contributed by atoms with E-state index in [9.17, 15) is 40.7 Å². The summed E-state index contributed by atoms with van der Waals surface area (Å²) in [4.78, 5) is 20.1. The van der Waals surface area contributed by atoms with E-state index in [1.54, 1.807) is 38.1 Å². The van der Waals surface area contributed by atoms with Crippen molar-refractivity contribution < 1.29 is 47.6 Å². The molecule has 6 rings (SSSR count). The fraction of sp³-hybridized carbons (Fsp3) is 0.0625. The monoisotopic (exact) mass is 730 g/mol. The molecule has 0 aliphatic heterocycles. The number of hydrogen-bond acceptors (Lipinski definition) is 14. The first kappa shape index (κ1) is 36.9. The van der Waals surface area contributed by atoms with Crippen molar-refractivity contribution in [3.05, 3.63) is 129 Å². The summed E-state index contributed by atoms with van der Waals surface area (Å²) in [6.07, 6.45) is 0. The van der Waals surface area contributed by atoms with E-state index in [1.807, 2.05) is 36.4 Å². The number of non-ortho nitro benzene ring substituents is 2. The van der Waals surface area contributed by atoms with Gasteiger partial charge in [-0.2, -0.15) is 19.6 Å². The molecule has 0 saturated heterocycles. The van der Waals surface area contributed by atoms with Gasteiger partial charge in [-0.15, -0.1) is 20.5 Å². The minimum atomic E-state index is -0.624. The van der Waals surface area contributed by atoms with Gasteiger partial charge in [-0.1, -0.05) is 36.4 Å². The molecular weight excluding hydrogens is 704 g/mol. The third kappa shape index (κ3) is 8.37. The Morgan fingerprint density at radius 1 is 0.569 bits per heavy atom. The van der Waals surface area contributed by atoms with Gasteiger partial charge in [0.2, 0.25) is 11.8 Å². The molecule has 0 fully saturated rings. The molecule has 0 saturated carbocycles. The molecule has 2 heterocycles. The number of para-hydroxylation sites is 2. The number of phenols is 2. The third-order valence-corrected chi connectivity index (χ3v) is 6.87. The van der Waals surface area contributed by atoms with Crippen LogP contribution in [0.15, 0.2) is 118 Å². The molecule has 19 heteroatoms. The van der Waals surface area contributed by atoms with Gasteiger partial charge in [-0.05, 0) is 50.2 Å². The number of aromatic nitrogens is 4. The largest absolute Gasteiger partial charge is 0.505 e. The first-order valence-corrected chi connectivity index (χ1v) is 14.4. The molecule has 0 bridgehead atoms. The van der Waals surface area contributed by atoms with Gasteiger partial charge in [-0.3, -0.25) is 20.2 Å². The van der Waals surface area contributed by atoms with Gasteiger partial charge in [0.1, 0.15) is 22.9 Å². The van der Waals surface area contributed by atoms with Crippen LogP contribution in [0.4, 0.5) is 34.1 Å². The fourth-order valence-corrected chi connectivity index (χ4v) is 4.37. The maximum atomic E-state index is 10.7. The minimum absolute atomic E-state index is 0. The summed E-state index contributed by atoms with van der Waals surface area (Å²) >= 11 is 0. The van der Waals surface area contributed by atoms with Crippen molar-refractivity contribution in [2.45, 2.75) is 13.8 Å². The normalized spacial score (nSPS) is 10.9. The number of nitro groups is 2. The second-order valence-corrected chi connectivity index (χ2v) is 10.3. The van der Waals surface area contributed by atoms with Crippen LogP contribution in [-0.4, -0.2) is 49.8 Å². The zero-order valence-corrected chi connectivity index (χ0v) is 27.8. The van der Waals surface area contributed by atoms with E-state index in [1.165, 1.54) is 33.6 Å². The number of nitrogens with zero attached hydrogens (tertiary/aromatic N) is 10. The van der Waals surface area contributed by atoms with Gasteiger partial charge >= 0.3 is 0 Å². The van der Waals surface area contributed by atoms with Crippen molar-refractivity contribution in [2.75, 3.05) is 0 Å². The summed E-state index contributed by atoms with van der Waals surface area (Å²) in [6, 6.07) is 24.9. The molecule has 258 valence electrons. The molecule has 0 atom stereocenters. The van der Waals surface area contributed by atoms with Gasteiger partial charge in [0, 0.05) is 29.5 Å². The van der Waals surface area contributed by atoms with Crippen molar-refractivity contribution in [1.29, 1.82) is 0 Å². The number of phenolic OH excluding ortho intramolecular Hbond substituents is 2. The Labute approximate surface area is 298 Å². The summed E-state index contributed by atoms with van der Waals surface area (Å²) in [6.45, 7) is 3.31. The Morgan fingerprint density at radius 2 is 0.922 bits per heavy atom. The van der Waals surface area contributed by atoms with E-state index in [2.05, 4.69) is 30.7 Å². The van der Waals surface area contributed by atoms with E-state index in [-0.39, 0.29) is 74.7 Å². The van der Waals surface area contributed by atoms with E-state index in [0.717, 1.165) is 12.1 Å². The molecule has 0 amide bonds. The van der Waals surface area contributed by atoms with Crippen molar-refractivity contribution in [1.82, 2.24) is 19.6 Å². The van der Waals surface area contributed by atoms with E-state index < -0.39 is 9.85 Å². The first-order chi connectivity index (χ1) is 23.9. The molecule has 51 heavy (non-hydrogen) atoms. The summed E-state index contributed by atoms with van der Waals surface area (Å²) < 4.78 is 2.64. The average Bonchev–Trinajstić information content (AvgIpc) is 3.56. The Balaban J connectivity index is 0.000000224. The molecule has 2 aromatic heterocycles. The van der Waals surface area contributed by atoms with Crippen LogP contribution < -0.4 is 0 Å². The second kappa shape index (κ2) is 16.0. The zero-order valence-electron chi connectivity index (χ0n) is 26.5. The second-order valence-electron chi connectivity index (χ2n) is 10.3. The quantitative estimate of drug-likeness (QED) is 0.0670. The third-order valence-electron chi connectivity index (χ3n) is 6.87. The van der Waals surface area contributed by atoms with Crippen LogP contribution in [0.25, 0.3) is 11.4 Å². The zero-order chi connectivity index (χ0) is 35.9. The van der Waals surface area contributed by atoms with Crippen LogP contribution >= 0.6 is 0 Å². The van der Waals surface area contributed by atoms with Gasteiger partial charge in [0.15, 0.2) is 11.4 Å². The molecule has 18 nitrogen and oxygen atoms in total.